The second kappa shape index (κ2) is 9.53. The molecule has 0 radical (unpaired) electrons. The van der Waals surface area contributed by atoms with Crippen LogP contribution in [0.3, 0.4) is 0 Å². The molecule has 0 atom stereocenters. The van der Waals surface area contributed by atoms with Gasteiger partial charge >= 0.3 is 18.4 Å². The zero-order valence-corrected chi connectivity index (χ0v) is 17.7. The number of hydrogen-bond donors (Lipinski definition) is 1. The summed E-state index contributed by atoms with van der Waals surface area (Å²) in [5, 5.41) is 2.52. The van der Waals surface area contributed by atoms with Crippen LogP contribution in [0.2, 0.25) is 0 Å². The first-order valence-electron chi connectivity index (χ1n) is 9.54. The zero-order chi connectivity index (χ0) is 25.1. The highest BCUT2D eigenvalue weighted by molar-refractivity contribution is 5.94. The molecule has 1 heterocycles. The van der Waals surface area contributed by atoms with Gasteiger partial charge in [-0.15, -0.1) is 0 Å². The van der Waals surface area contributed by atoms with Crippen molar-refractivity contribution in [3.63, 3.8) is 0 Å². The molecule has 34 heavy (non-hydrogen) atoms. The number of rotatable bonds is 6. The molecule has 0 bridgehead atoms. The van der Waals surface area contributed by atoms with Gasteiger partial charge < -0.3 is 15.0 Å². The second-order valence-electron chi connectivity index (χ2n) is 7.15. The monoisotopic (exact) mass is 485 g/mol. The summed E-state index contributed by atoms with van der Waals surface area (Å²) < 4.78 is 81.4. The van der Waals surface area contributed by atoms with E-state index < -0.39 is 30.5 Å². The molecule has 180 valence electrons. The highest BCUT2D eigenvalue weighted by Gasteiger charge is 2.31. The van der Waals surface area contributed by atoms with E-state index in [1.54, 1.807) is 14.1 Å². The van der Waals surface area contributed by atoms with E-state index in [4.69, 9.17) is 0 Å². The fourth-order valence-corrected chi connectivity index (χ4v) is 2.67. The van der Waals surface area contributed by atoms with Gasteiger partial charge in [0.15, 0.2) is 12.4 Å². The third-order valence-electron chi connectivity index (χ3n) is 4.22. The Bertz CT molecular complexity index is 1160. The standard InChI is InChI=1S/C21H17F6N5O2/c1-32(2)17(33)13-8-6-12(7-9-13)16-29-18(31-19(30-16)34-11-20(22,23)24)28-15-5-3-4-14(10-15)21(25,26)27/h3-10H,11H2,1-2H3,(H,28,29,30,31). The molecule has 0 spiro atoms. The van der Waals surface area contributed by atoms with Crippen molar-refractivity contribution in [3.8, 4) is 17.4 Å². The lowest BCUT2D eigenvalue weighted by Crippen LogP contribution is -2.21. The van der Waals surface area contributed by atoms with Crippen molar-refractivity contribution in [2.24, 2.45) is 0 Å². The smallest absolute Gasteiger partial charge is 0.422 e. The van der Waals surface area contributed by atoms with Crippen molar-refractivity contribution >= 4 is 17.5 Å². The van der Waals surface area contributed by atoms with Gasteiger partial charge in [0.1, 0.15) is 0 Å². The third-order valence-corrected chi connectivity index (χ3v) is 4.22. The molecule has 3 aromatic rings. The van der Waals surface area contributed by atoms with Gasteiger partial charge in [0.05, 0.1) is 5.56 Å². The highest BCUT2D eigenvalue weighted by atomic mass is 19.4. The van der Waals surface area contributed by atoms with E-state index in [9.17, 15) is 31.1 Å². The number of nitrogens with one attached hydrogen (secondary N) is 1. The first kappa shape index (κ1) is 24.7. The van der Waals surface area contributed by atoms with Gasteiger partial charge in [-0.2, -0.15) is 41.3 Å². The topological polar surface area (TPSA) is 80.2 Å². The molecule has 1 N–H and O–H groups in total. The van der Waals surface area contributed by atoms with Crippen molar-refractivity contribution in [3.05, 3.63) is 59.7 Å². The predicted octanol–water partition coefficient (Wildman–Crippen LogP) is 4.94. The van der Waals surface area contributed by atoms with E-state index in [0.29, 0.717) is 11.1 Å². The minimum Gasteiger partial charge on any atom is -0.454 e. The molecule has 1 aromatic heterocycles. The zero-order valence-electron chi connectivity index (χ0n) is 17.7. The summed E-state index contributed by atoms with van der Waals surface area (Å²) in [4.78, 5) is 25.1. The number of aromatic nitrogens is 3. The van der Waals surface area contributed by atoms with Crippen LogP contribution in [-0.4, -0.2) is 52.6 Å². The summed E-state index contributed by atoms with van der Waals surface area (Å²) in [7, 11) is 3.14. The first-order chi connectivity index (χ1) is 15.8. The fourth-order valence-electron chi connectivity index (χ4n) is 2.67. The molecule has 3 rings (SSSR count). The minimum atomic E-state index is -4.67. The lowest BCUT2D eigenvalue weighted by molar-refractivity contribution is -0.154. The number of amides is 1. The molecule has 1 amide bonds. The van der Waals surface area contributed by atoms with Crippen LogP contribution >= 0.6 is 0 Å². The van der Waals surface area contributed by atoms with E-state index in [1.165, 1.54) is 35.2 Å². The quantitative estimate of drug-likeness (QED) is 0.498. The fraction of sp³-hybridized carbons (Fsp3) is 0.238. The van der Waals surface area contributed by atoms with Crippen LogP contribution in [0, 0.1) is 0 Å². The molecule has 0 saturated heterocycles. The number of benzene rings is 2. The van der Waals surface area contributed by atoms with Gasteiger partial charge in [-0.25, -0.2) is 0 Å². The van der Waals surface area contributed by atoms with Gasteiger partial charge in [-0.05, 0) is 30.3 Å². The second-order valence-corrected chi connectivity index (χ2v) is 7.15. The Kier molecular flexibility index (Phi) is 6.93. The molecule has 2 aromatic carbocycles. The molecule has 0 unspecified atom stereocenters. The van der Waals surface area contributed by atoms with Crippen LogP contribution in [0.4, 0.5) is 38.0 Å². The Morgan fingerprint density at radius 1 is 0.971 bits per heavy atom. The molecule has 7 nitrogen and oxygen atoms in total. The molecular weight excluding hydrogens is 468 g/mol. The Morgan fingerprint density at radius 3 is 2.24 bits per heavy atom. The van der Waals surface area contributed by atoms with E-state index >= 15 is 0 Å². The first-order valence-corrected chi connectivity index (χ1v) is 9.54. The maximum atomic E-state index is 13.0. The summed E-state index contributed by atoms with van der Waals surface area (Å²) in [5.74, 6) is -0.733. The van der Waals surface area contributed by atoms with E-state index in [0.717, 1.165) is 18.2 Å². The summed E-state index contributed by atoms with van der Waals surface area (Å²) in [6.45, 7) is -1.68. The average Bonchev–Trinajstić information content (AvgIpc) is 2.76. The maximum Gasteiger partial charge on any atom is 0.422 e. The largest absolute Gasteiger partial charge is 0.454 e. The van der Waals surface area contributed by atoms with E-state index in [1.807, 2.05) is 0 Å². The van der Waals surface area contributed by atoms with Gasteiger partial charge in [0.25, 0.3) is 5.91 Å². The Labute approximate surface area is 189 Å². The molecular formula is C21H17F6N5O2. The van der Waals surface area contributed by atoms with Crippen LogP contribution in [0.15, 0.2) is 48.5 Å². The minimum absolute atomic E-state index is 0.0549. The highest BCUT2D eigenvalue weighted by Crippen LogP contribution is 2.31. The molecule has 0 aliphatic carbocycles. The summed E-state index contributed by atoms with van der Waals surface area (Å²) in [6, 6.07) is 9.28. The van der Waals surface area contributed by atoms with Gasteiger partial charge in [0, 0.05) is 30.9 Å². The number of alkyl halides is 6. The number of carbonyl (C=O) groups excluding carboxylic acids is 1. The molecule has 13 heteroatoms. The van der Waals surface area contributed by atoms with Crippen molar-refractivity contribution in [2.75, 3.05) is 26.0 Å². The summed E-state index contributed by atoms with van der Waals surface area (Å²) >= 11 is 0. The molecule has 0 saturated carbocycles. The van der Waals surface area contributed by atoms with Crippen LogP contribution in [0.25, 0.3) is 11.4 Å². The molecule has 0 fully saturated rings. The number of hydrogen-bond acceptors (Lipinski definition) is 6. The van der Waals surface area contributed by atoms with Gasteiger partial charge in [0.2, 0.25) is 5.95 Å². The molecule has 0 aliphatic heterocycles. The summed E-state index contributed by atoms with van der Waals surface area (Å²) in [6.07, 6.45) is -9.27. The van der Waals surface area contributed by atoms with Crippen molar-refractivity contribution in [2.45, 2.75) is 12.4 Å². The Balaban J connectivity index is 1.97. The van der Waals surface area contributed by atoms with Gasteiger partial charge in [-0.3, -0.25) is 4.79 Å². The maximum absolute atomic E-state index is 13.0. The average molecular weight is 485 g/mol. The summed E-state index contributed by atoms with van der Waals surface area (Å²) in [5.41, 5.74) is -0.345. The number of carbonyl (C=O) groups is 1. The Morgan fingerprint density at radius 2 is 1.65 bits per heavy atom. The van der Waals surface area contributed by atoms with Crippen LogP contribution in [0.1, 0.15) is 15.9 Å². The van der Waals surface area contributed by atoms with Crippen LogP contribution in [-0.2, 0) is 6.18 Å². The van der Waals surface area contributed by atoms with Crippen molar-refractivity contribution in [1.82, 2.24) is 19.9 Å². The normalized spacial score (nSPS) is 11.8. The van der Waals surface area contributed by atoms with Crippen LogP contribution in [0.5, 0.6) is 6.01 Å². The van der Waals surface area contributed by atoms with Crippen molar-refractivity contribution < 1.29 is 35.9 Å². The SMILES string of the molecule is CN(C)C(=O)c1ccc(-c2nc(Nc3cccc(C(F)(F)F)c3)nc(OCC(F)(F)F)n2)cc1. The number of nitrogens with zero attached hydrogens (tertiary/aromatic N) is 4. The predicted molar refractivity (Wildman–Crippen MR) is 110 cm³/mol. The van der Waals surface area contributed by atoms with Crippen LogP contribution < -0.4 is 10.1 Å². The van der Waals surface area contributed by atoms with Gasteiger partial charge in [-0.1, -0.05) is 18.2 Å². The lowest BCUT2D eigenvalue weighted by atomic mass is 10.1. The number of ether oxygens (including phenoxy) is 1. The number of halogens is 6. The molecule has 0 aliphatic rings. The Hall–Kier alpha value is -3.90. The third kappa shape index (κ3) is 6.56. The van der Waals surface area contributed by atoms with E-state index in [-0.39, 0.29) is 23.4 Å². The lowest BCUT2D eigenvalue weighted by Gasteiger charge is -2.13. The van der Waals surface area contributed by atoms with Crippen molar-refractivity contribution in [1.29, 1.82) is 0 Å². The van der Waals surface area contributed by atoms with E-state index in [2.05, 4.69) is 25.0 Å². The number of anilines is 2.